The van der Waals surface area contributed by atoms with Crippen molar-refractivity contribution in [2.45, 2.75) is 13.5 Å². The van der Waals surface area contributed by atoms with Crippen LogP contribution >= 0.6 is 0 Å². The number of nitrogens with zero attached hydrogens (tertiary/aromatic N) is 6. The first kappa shape index (κ1) is 15.4. The first-order valence-electron chi connectivity index (χ1n) is 7.77. The lowest BCUT2D eigenvalue weighted by atomic mass is 10.2. The Kier molecular flexibility index (Phi) is 4.22. The summed E-state index contributed by atoms with van der Waals surface area (Å²) >= 11 is 0. The molecule has 3 rings (SSSR count). The summed E-state index contributed by atoms with van der Waals surface area (Å²) in [5.41, 5.74) is 0.513. The van der Waals surface area contributed by atoms with Crippen molar-refractivity contribution in [2.75, 3.05) is 38.2 Å². The van der Waals surface area contributed by atoms with Crippen LogP contribution in [0.3, 0.4) is 0 Å². The number of imidazole rings is 1. The predicted molar refractivity (Wildman–Crippen MR) is 85.8 cm³/mol. The van der Waals surface area contributed by atoms with Gasteiger partial charge in [-0.1, -0.05) is 0 Å². The second-order valence-corrected chi connectivity index (χ2v) is 5.52. The molecule has 8 nitrogen and oxygen atoms in total. The van der Waals surface area contributed by atoms with Crippen molar-refractivity contribution in [3.8, 4) is 5.88 Å². The molecular weight excluding hydrogens is 296 g/mol. The largest absolute Gasteiger partial charge is 0.479 e. The van der Waals surface area contributed by atoms with E-state index < -0.39 is 0 Å². The van der Waals surface area contributed by atoms with Gasteiger partial charge in [-0.25, -0.2) is 4.98 Å². The molecule has 0 radical (unpaired) electrons. The van der Waals surface area contributed by atoms with E-state index in [4.69, 9.17) is 4.74 Å². The summed E-state index contributed by atoms with van der Waals surface area (Å²) in [4.78, 5) is 21.1. The highest BCUT2D eigenvalue weighted by molar-refractivity contribution is 5.96. The van der Waals surface area contributed by atoms with E-state index in [1.54, 1.807) is 17.9 Å². The van der Waals surface area contributed by atoms with Crippen molar-refractivity contribution >= 4 is 11.9 Å². The lowest BCUT2D eigenvalue weighted by Gasteiger charge is -2.35. The van der Waals surface area contributed by atoms with Gasteiger partial charge in [0.2, 0.25) is 11.8 Å². The average molecular weight is 318 g/mol. The van der Waals surface area contributed by atoms with Gasteiger partial charge in [0.05, 0.1) is 7.11 Å². The molecule has 8 heteroatoms. The van der Waals surface area contributed by atoms with Gasteiger partial charge in [-0.3, -0.25) is 9.48 Å². The van der Waals surface area contributed by atoms with E-state index in [0.29, 0.717) is 24.5 Å². The number of methoxy groups -OCH3 is 1. The minimum absolute atomic E-state index is 0.0339. The smallest absolute Gasteiger partial charge is 0.261 e. The van der Waals surface area contributed by atoms with E-state index in [0.717, 1.165) is 25.6 Å². The Labute approximate surface area is 135 Å². The number of carbonyl (C=O) groups excluding carboxylic acids is 1. The molecule has 0 aromatic carbocycles. The SMILES string of the molecule is CCn1ccnc1N1CCN(C(=O)c2cn(C)nc2OC)CC1. The highest BCUT2D eigenvalue weighted by Gasteiger charge is 2.27. The average Bonchev–Trinajstić information content (AvgIpc) is 3.20. The van der Waals surface area contributed by atoms with Crippen LogP contribution < -0.4 is 9.64 Å². The zero-order valence-electron chi connectivity index (χ0n) is 13.8. The van der Waals surface area contributed by atoms with Gasteiger partial charge < -0.3 is 19.1 Å². The molecule has 0 unspecified atom stereocenters. The Balaban J connectivity index is 1.68. The number of rotatable bonds is 4. The highest BCUT2D eigenvalue weighted by atomic mass is 16.5. The molecule has 1 saturated heterocycles. The number of amides is 1. The number of aryl methyl sites for hydroxylation is 2. The third kappa shape index (κ3) is 2.88. The van der Waals surface area contributed by atoms with Crippen LogP contribution in [0.1, 0.15) is 17.3 Å². The van der Waals surface area contributed by atoms with Crippen molar-refractivity contribution in [1.29, 1.82) is 0 Å². The molecule has 0 N–H and O–H groups in total. The zero-order valence-corrected chi connectivity index (χ0v) is 13.8. The highest BCUT2D eigenvalue weighted by Crippen LogP contribution is 2.20. The van der Waals surface area contributed by atoms with Gasteiger partial charge in [0.15, 0.2) is 0 Å². The number of ether oxygens (including phenoxy) is 1. The fourth-order valence-corrected chi connectivity index (χ4v) is 2.88. The van der Waals surface area contributed by atoms with Crippen LogP contribution in [0.2, 0.25) is 0 Å². The van der Waals surface area contributed by atoms with E-state index in [9.17, 15) is 4.79 Å². The number of hydrogen-bond acceptors (Lipinski definition) is 5. The molecule has 2 aromatic rings. The number of piperazine rings is 1. The molecule has 0 bridgehead atoms. The van der Waals surface area contributed by atoms with Gasteiger partial charge in [0, 0.05) is 58.4 Å². The molecular formula is C15H22N6O2. The summed E-state index contributed by atoms with van der Waals surface area (Å²) < 4.78 is 8.90. The van der Waals surface area contributed by atoms with Crippen LogP contribution in [0.4, 0.5) is 5.95 Å². The van der Waals surface area contributed by atoms with Crippen LogP contribution in [0.15, 0.2) is 18.6 Å². The molecule has 1 aliphatic heterocycles. The summed E-state index contributed by atoms with van der Waals surface area (Å²) in [5, 5.41) is 4.15. The van der Waals surface area contributed by atoms with Crippen molar-refractivity contribution in [2.24, 2.45) is 7.05 Å². The molecule has 23 heavy (non-hydrogen) atoms. The monoisotopic (exact) mass is 318 g/mol. The second kappa shape index (κ2) is 6.31. The number of hydrogen-bond donors (Lipinski definition) is 0. The molecule has 1 fully saturated rings. The van der Waals surface area contributed by atoms with E-state index in [-0.39, 0.29) is 5.91 Å². The van der Waals surface area contributed by atoms with Gasteiger partial charge in [-0.15, -0.1) is 5.10 Å². The molecule has 0 atom stereocenters. The van der Waals surface area contributed by atoms with Gasteiger partial charge in [0.25, 0.3) is 5.91 Å². The summed E-state index contributed by atoms with van der Waals surface area (Å²) in [5.74, 6) is 1.31. The Bertz CT molecular complexity index is 684. The zero-order chi connectivity index (χ0) is 16.4. The predicted octanol–water partition coefficient (Wildman–Crippen LogP) is 0.607. The van der Waals surface area contributed by atoms with Gasteiger partial charge in [-0.2, -0.15) is 0 Å². The van der Waals surface area contributed by atoms with E-state index in [2.05, 4.69) is 26.5 Å². The first-order chi connectivity index (χ1) is 11.1. The fourth-order valence-electron chi connectivity index (χ4n) is 2.88. The van der Waals surface area contributed by atoms with Crippen LogP contribution in [-0.4, -0.2) is 63.4 Å². The third-order valence-corrected chi connectivity index (χ3v) is 4.10. The molecule has 0 saturated carbocycles. The Morgan fingerprint density at radius 3 is 2.70 bits per heavy atom. The number of aromatic nitrogens is 4. The van der Waals surface area contributed by atoms with Crippen LogP contribution in [0.5, 0.6) is 5.88 Å². The molecule has 124 valence electrons. The lowest BCUT2D eigenvalue weighted by Crippen LogP contribution is -2.49. The van der Waals surface area contributed by atoms with E-state index in [1.165, 1.54) is 7.11 Å². The van der Waals surface area contributed by atoms with Gasteiger partial charge >= 0.3 is 0 Å². The standard InChI is InChI=1S/C15H22N6O2/c1-4-19-6-5-16-15(19)21-9-7-20(8-10-21)14(22)12-11-18(2)17-13(12)23-3/h5-6,11H,4,7-10H2,1-3H3. The van der Waals surface area contributed by atoms with Crippen molar-refractivity contribution in [3.05, 3.63) is 24.2 Å². The van der Waals surface area contributed by atoms with Gasteiger partial charge in [-0.05, 0) is 6.92 Å². The second-order valence-electron chi connectivity index (χ2n) is 5.52. The Morgan fingerprint density at radius 1 is 1.30 bits per heavy atom. The van der Waals surface area contributed by atoms with Crippen molar-refractivity contribution in [3.63, 3.8) is 0 Å². The minimum Gasteiger partial charge on any atom is -0.479 e. The quantitative estimate of drug-likeness (QED) is 0.826. The summed E-state index contributed by atoms with van der Waals surface area (Å²) in [7, 11) is 3.31. The molecule has 1 amide bonds. The van der Waals surface area contributed by atoms with Crippen molar-refractivity contribution in [1.82, 2.24) is 24.2 Å². The van der Waals surface area contributed by atoms with Crippen molar-refractivity contribution < 1.29 is 9.53 Å². The van der Waals surface area contributed by atoms with E-state index in [1.807, 2.05) is 17.3 Å². The van der Waals surface area contributed by atoms with Gasteiger partial charge in [0.1, 0.15) is 5.56 Å². The Hall–Kier alpha value is -2.51. The third-order valence-electron chi connectivity index (χ3n) is 4.10. The fraction of sp³-hybridized carbons (Fsp3) is 0.533. The van der Waals surface area contributed by atoms with Crippen LogP contribution in [-0.2, 0) is 13.6 Å². The normalized spacial score (nSPS) is 15.1. The minimum atomic E-state index is -0.0339. The van der Waals surface area contributed by atoms with E-state index >= 15 is 0 Å². The summed E-state index contributed by atoms with van der Waals surface area (Å²) in [6.07, 6.45) is 5.50. The maximum absolute atomic E-state index is 12.7. The number of carbonyl (C=O) groups is 1. The molecule has 3 heterocycles. The molecule has 2 aromatic heterocycles. The summed E-state index contributed by atoms with van der Waals surface area (Å²) in [6.45, 7) is 5.85. The van der Waals surface area contributed by atoms with Crippen LogP contribution in [0.25, 0.3) is 0 Å². The molecule has 0 aliphatic carbocycles. The number of anilines is 1. The Morgan fingerprint density at radius 2 is 2.04 bits per heavy atom. The maximum atomic E-state index is 12.7. The lowest BCUT2D eigenvalue weighted by molar-refractivity contribution is 0.0742. The topological polar surface area (TPSA) is 68.4 Å². The molecule has 1 aliphatic rings. The summed E-state index contributed by atoms with van der Waals surface area (Å²) in [6, 6.07) is 0. The molecule has 0 spiro atoms. The maximum Gasteiger partial charge on any atom is 0.261 e. The first-order valence-corrected chi connectivity index (χ1v) is 7.77. The van der Waals surface area contributed by atoms with Crippen LogP contribution in [0, 0.1) is 0 Å².